The van der Waals surface area contributed by atoms with E-state index in [1.807, 2.05) is 24.3 Å². The maximum atomic E-state index is 12.7. The van der Waals surface area contributed by atoms with Crippen LogP contribution in [0.3, 0.4) is 0 Å². The Morgan fingerprint density at radius 3 is 2.59 bits per heavy atom. The molecule has 0 radical (unpaired) electrons. The van der Waals surface area contributed by atoms with Gasteiger partial charge in [0.2, 0.25) is 0 Å². The Morgan fingerprint density at radius 1 is 1.14 bits per heavy atom. The summed E-state index contributed by atoms with van der Waals surface area (Å²) in [5.74, 6) is 1.03. The standard InChI is InChI=1S/C17H20FNO3/c1-21-17-5-3-2-4-13(17)10-19-11-15(20)12-22-16-8-6-14(18)7-9-16/h2-9,15,19-20H,10-12H2,1H3. The molecule has 2 rings (SSSR count). The smallest absolute Gasteiger partial charge is 0.123 e. The lowest BCUT2D eigenvalue weighted by molar-refractivity contribution is 0.106. The van der Waals surface area contributed by atoms with Gasteiger partial charge in [-0.3, -0.25) is 0 Å². The van der Waals surface area contributed by atoms with Gasteiger partial charge in [-0.05, 0) is 30.3 Å². The van der Waals surface area contributed by atoms with Crippen molar-refractivity contribution in [3.05, 3.63) is 59.9 Å². The van der Waals surface area contributed by atoms with Crippen molar-refractivity contribution in [1.82, 2.24) is 5.32 Å². The van der Waals surface area contributed by atoms with E-state index in [4.69, 9.17) is 9.47 Å². The predicted octanol–water partition coefficient (Wildman–Crippen LogP) is 2.36. The summed E-state index contributed by atoms with van der Waals surface area (Å²) in [5.41, 5.74) is 1.02. The van der Waals surface area contributed by atoms with Gasteiger partial charge in [0, 0.05) is 18.7 Å². The zero-order valence-electron chi connectivity index (χ0n) is 12.5. The van der Waals surface area contributed by atoms with Gasteiger partial charge in [-0.15, -0.1) is 0 Å². The lowest BCUT2D eigenvalue weighted by Gasteiger charge is -2.14. The number of aliphatic hydroxyl groups is 1. The van der Waals surface area contributed by atoms with Gasteiger partial charge in [-0.1, -0.05) is 18.2 Å². The van der Waals surface area contributed by atoms with Crippen LogP contribution < -0.4 is 14.8 Å². The first kappa shape index (κ1) is 16.3. The second-order valence-corrected chi connectivity index (χ2v) is 4.86. The minimum absolute atomic E-state index is 0.143. The predicted molar refractivity (Wildman–Crippen MR) is 82.6 cm³/mol. The molecule has 0 aliphatic heterocycles. The molecule has 0 bridgehead atoms. The average molecular weight is 305 g/mol. The van der Waals surface area contributed by atoms with Crippen LogP contribution in [0.15, 0.2) is 48.5 Å². The largest absolute Gasteiger partial charge is 0.496 e. The summed E-state index contributed by atoms with van der Waals surface area (Å²) >= 11 is 0. The van der Waals surface area contributed by atoms with Gasteiger partial charge in [0.05, 0.1) is 7.11 Å². The lowest BCUT2D eigenvalue weighted by atomic mass is 10.2. The molecule has 2 aromatic rings. The fourth-order valence-corrected chi connectivity index (χ4v) is 2.00. The number of hydrogen-bond acceptors (Lipinski definition) is 4. The average Bonchev–Trinajstić information content (AvgIpc) is 2.55. The highest BCUT2D eigenvalue weighted by atomic mass is 19.1. The molecule has 2 aromatic carbocycles. The Labute approximate surface area is 129 Å². The van der Waals surface area contributed by atoms with Crippen LogP contribution in [0, 0.1) is 5.82 Å². The number of hydrogen-bond donors (Lipinski definition) is 2. The number of ether oxygens (including phenoxy) is 2. The normalized spacial score (nSPS) is 12.0. The van der Waals surface area contributed by atoms with E-state index in [0.717, 1.165) is 11.3 Å². The lowest BCUT2D eigenvalue weighted by Crippen LogP contribution is -2.31. The quantitative estimate of drug-likeness (QED) is 0.786. The third kappa shape index (κ3) is 5.02. The van der Waals surface area contributed by atoms with Gasteiger partial charge in [0.15, 0.2) is 0 Å². The van der Waals surface area contributed by atoms with Gasteiger partial charge in [-0.2, -0.15) is 0 Å². The number of aliphatic hydroxyl groups excluding tert-OH is 1. The van der Waals surface area contributed by atoms with E-state index >= 15 is 0 Å². The minimum Gasteiger partial charge on any atom is -0.496 e. The first-order valence-electron chi connectivity index (χ1n) is 7.08. The Kier molecular flexibility index (Phi) is 6.18. The fourth-order valence-electron chi connectivity index (χ4n) is 2.00. The fraction of sp³-hybridized carbons (Fsp3) is 0.294. The molecule has 0 spiro atoms. The van der Waals surface area contributed by atoms with Crippen LogP contribution in [0.1, 0.15) is 5.56 Å². The number of halogens is 1. The molecule has 0 aromatic heterocycles. The third-order valence-electron chi connectivity index (χ3n) is 3.14. The summed E-state index contributed by atoms with van der Waals surface area (Å²) in [7, 11) is 1.63. The van der Waals surface area contributed by atoms with Crippen molar-refractivity contribution in [1.29, 1.82) is 0 Å². The Bertz CT molecular complexity index is 574. The molecule has 118 valence electrons. The van der Waals surface area contributed by atoms with Crippen molar-refractivity contribution in [2.24, 2.45) is 0 Å². The molecule has 0 aliphatic rings. The number of benzene rings is 2. The van der Waals surface area contributed by atoms with Crippen molar-refractivity contribution >= 4 is 0 Å². The Hall–Kier alpha value is -2.11. The maximum absolute atomic E-state index is 12.7. The van der Waals surface area contributed by atoms with E-state index in [1.165, 1.54) is 24.3 Å². The molecule has 4 nitrogen and oxygen atoms in total. The van der Waals surface area contributed by atoms with Crippen LogP contribution in [-0.2, 0) is 6.54 Å². The molecule has 0 saturated heterocycles. The third-order valence-corrected chi connectivity index (χ3v) is 3.14. The molecule has 1 unspecified atom stereocenters. The van der Waals surface area contributed by atoms with Crippen molar-refractivity contribution in [3.63, 3.8) is 0 Å². The molecule has 5 heteroatoms. The molecule has 0 amide bonds. The zero-order chi connectivity index (χ0) is 15.8. The first-order valence-corrected chi connectivity index (χ1v) is 7.08. The highest BCUT2D eigenvalue weighted by Gasteiger charge is 2.06. The molecule has 0 heterocycles. The topological polar surface area (TPSA) is 50.7 Å². The van der Waals surface area contributed by atoms with Crippen LogP contribution in [-0.4, -0.2) is 31.5 Å². The first-order chi connectivity index (χ1) is 10.7. The molecule has 0 fully saturated rings. The van der Waals surface area contributed by atoms with E-state index in [2.05, 4.69) is 5.32 Å². The molecule has 22 heavy (non-hydrogen) atoms. The monoisotopic (exact) mass is 305 g/mol. The highest BCUT2D eigenvalue weighted by Crippen LogP contribution is 2.16. The summed E-state index contributed by atoms with van der Waals surface area (Å²) in [5, 5.41) is 13.0. The number of methoxy groups -OCH3 is 1. The van der Waals surface area contributed by atoms with Crippen molar-refractivity contribution < 1.29 is 19.0 Å². The summed E-state index contributed by atoms with van der Waals surface area (Å²) < 4.78 is 23.4. The summed E-state index contributed by atoms with van der Waals surface area (Å²) in [6.45, 7) is 1.13. The molecule has 1 atom stereocenters. The molecule has 2 N–H and O–H groups in total. The second kappa shape index (κ2) is 8.36. The van der Waals surface area contributed by atoms with Crippen LogP contribution in [0.25, 0.3) is 0 Å². The van der Waals surface area contributed by atoms with Crippen molar-refractivity contribution in [2.75, 3.05) is 20.3 Å². The maximum Gasteiger partial charge on any atom is 0.123 e. The van der Waals surface area contributed by atoms with Crippen LogP contribution in [0.5, 0.6) is 11.5 Å². The molecule has 0 saturated carbocycles. The van der Waals surface area contributed by atoms with Gasteiger partial charge in [0.25, 0.3) is 0 Å². The number of rotatable bonds is 8. The van der Waals surface area contributed by atoms with Crippen LogP contribution >= 0.6 is 0 Å². The number of para-hydroxylation sites is 1. The Morgan fingerprint density at radius 2 is 1.86 bits per heavy atom. The molecular weight excluding hydrogens is 285 g/mol. The highest BCUT2D eigenvalue weighted by molar-refractivity contribution is 5.32. The second-order valence-electron chi connectivity index (χ2n) is 4.86. The Balaban J connectivity index is 1.71. The summed E-state index contributed by atoms with van der Waals surface area (Å²) in [4.78, 5) is 0. The molecular formula is C17H20FNO3. The van der Waals surface area contributed by atoms with Crippen LogP contribution in [0.4, 0.5) is 4.39 Å². The van der Waals surface area contributed by atoms with E-state index < -0.39 is 6.10 Å². The van der Waals surface area contributed by atoms with Gasteiger partial charge >= 0.3 is 0 Å². The van der Waals surface area contributed by atoms with Gasteiger partial charge in [0.1, 0.15) is 30.0 Å². The van der Waals surface area contributed by atoms with Crippen molar-refractivity contribution in [3.8, 4) is 11.5 Å². The SMILES string of the molecule is COc1ccccc1CNCC(O)COc1ccc(F)cc1. The summed E-state index contributed by atoms with van der Waals surface area (Å²) in [6, 6.07) is 13.4. The van der Waals surface area contributed by atoms with Crippen LogP contribution in [0.2, 0.25) is 0 Å². The zero-order valence-corrected chi connectivity index (χ0v) is 12.5. The van der Waals surface area contributed by atoms with E-state index in [0.29, 0.717) is 18.8 Å². The van der Waals surface area contributed by atoms with Crippen molar-refractivity contribution in [2.45, 2.75) is 12.6 Å². The van der Waals surface area contributed by atoms with Gasteiger partial charge in [-0.25, -0.2) is 4.39 Å². The summed E-state index contributed by atoms with van der Waals surface area (Å²) in [6.07, 6.45) is -0.653. The van der Waals surface area contributed by atoms with E-state index in [1.54, 1.807) is 7.11 Å². The van der Waals surface area contributed by atoms with E-state index in [9.17, 15) is 9.50 Å². The molecule has 0 aliphatic carbocycles. The van der Waals surface area contributed by atoms with E-state index in [-0.39, 0.29) is 12.4 Å². The number of nitrogens with one attached hydrogen (secondary N) is 1. The minimum atomic E-state index is -0.653. The van der Waals surface area contributed by atoms with Gasteiger partial charge < -0.3 is 19.9 Å².